The summed E-state index contributed by atoms with van der Waals surface area (Å²) in [5.74, 6) is -0.424. The molecule has 1 aromatic rings. The first-order valence-electron chi connectivity index (χ1n) is 6.77. The van der Waals surface area contributed by atoms with Crippen molar-refractivity contribution in [1.29, 1.82) is 0 Å². The summed E-state index contributed by atoms with van der Waals surface area (Å²) in [6.07, 6.45) is 0. The normalized spacial score (nSPS) is 15.0. The van der Waals surface area contributed by atoms with Gasteiger partial charge in [-0.3, -0.25) is 9.36 Å². The van der Waals surface area contributed by atoms with Crippen LogP contribution < -0.4 is 0 Å². The van der Waals surface area contributed by atoms with Crippen molar-refractivity contribution in [1.82, 2.24) is 0 Å². The van der Waals surface area contributed by atoms with Gasteiger partial charge in [-0.1, -0.05) is 18.2 Å². The van der Waals surface area contributed by atoms with Crippen molar-refractivity contribution in [3.8, 4) is 0 Å². The van der Waals surface area contributed by atoms with E-state index in [-0.39, 0.29) is 13.2 Å². The largest absolute Gasteiger partial charge is 0.367 e. The number of Topliss-reactive ketones (excluding diaryl/α,β-unsaturated/α-hetero) is 1. The second-order valence-electron chi connectivity index (χ2n) is 4.45. The van der Waals surface area contributed by atoms with Crippen molar-refractivity contribution in [3.63, 3.8) is 0 Å². The molecule has 0 amide bonds. The molecule has 1 unspecified atom stereocenters. The molecule has 0 spiro atoms. The Labute approximate surface area is 125 Å². The third kappa shape index (κ3) is 4.06. The second kappa shape index (κ2) is 7.59. The molecule has 1 atom stereocenters. The van der Waals surface area contributed by atoms with Gasteiger partial charge in [-0.2, -0.15) is 10.2 Å². The first-order valence-corrected chi connectivity index (χ1v) is 8.32. The number of nitrogens with zero attached hydrogens (tertiary/aromatic N) is 2. The fourth-order valence-corrected chi connectivity index (χ4v) is 3.39. The maximum Gasteiger partial charge on any atom is 0.367 e. The summed E-state index contributed by atoms with van der Waals surface area (Å²) in [5.41, 5.74) is 0.560. The van der Waals surface area contributed by atoms with Gasteiger partial charge in [-0.05, 0) is 39.8 Å². The first-order chi connectivity index (χ1) is 9.89. The standard InChI is InChI=1S/C14H21N2O4P/c1-5-19-21(18,20-6-2)14(4,12(3)17)16-15-13-10-8-7-9-11-13/h7-11H,5-6H2,1-4H3. The van der Waals surface area contributed by atoms with E-state index < -0.39 is 18.7 Å². The number of carbonyl (C=O) groups excluding carboxylic acids is 1. The third-order valence-corrected chi connectivity index (χ3v) is 5.58. The Morgan fingerprint density at radius 2 is 1.71 bits per heavy atom. The number of hydrogen-bond donors (Lipinski definition) is 0. The SMILES string of the molecule is CCOP(=O)(OCC)C(C)(N=Nc1ccccc1)C(C)=O. The Bertz CT molecular complexity index is 537. The summed E-state index contributed by atoms with van der Waals surface area (Å²) in [7, 11) is -3.74. The van der Waals surface area contributed by atoms with Crippen molar-refractivity contribution >= 4 is 19.1 Å². The molecule has 21 heavy (non-hydrogen) atoms. The Hall–Kier alpha value is -1.36. The number of hydrogen-bond acceptors (Lipinski definition) is 6. The Balaban J connectivity index is 3.21. The lowest BCUT2D eigenvalue weighted by atomic mass is 10.2. The summed E-state index contributed by atoms with van der Waals surface area (Å²) < 4.78 is 23.4. The molecule has 7 heteroatoms. The third-order valence-electron chi connectivity index (χ3n) is 2.91. The van der Waals surface area contributed by atoms with Gasteiger partial charge >= 0.3 is 7.60 Å². The van der Waals surface area contributed by atoms with E-state index in [0.717, 1.165) is 0 Å². The molecule has 0 bridgehead atoms. The van der Waals surface area contributed by atoms with Gasteiger partial charge < -0.3 is 9.05 Å². The minimum Gasteiger partial charge on any atom is -0.307 e. The maximum absolute atomic E-state index is 12.9. The number of ketones is 1. The van der Waals surface area contributed by atoms with Crippen LogP contribution in [0.5, 0.6) is 0 Å². The van der Waals surface area contributed by atoms with Gasteiger partial charge in [0.2, 0.25) is 5.28 Å². The van der Waals surface area contributed by atoms with Gasteiger partial charge in [0.05, 0.1) is 18.9 Å². The van der Waals surface area contributed by atoms with E-state index in [9.17, 15) is 9.36 Å². The highest BCUT2D eigenvalue weighted by molar-refractivity contribution is 7.56. The molecule has 0 heterocycles. The van der Waals surface area contributed by atoms with E-state index in [4.69, 9.17) is 9.05 Å². The highest BCUT2D eigenvalue weighted by Crippen LogP contribution is 2.61. The smallest absolute Gasteiger partial charge is 0.307 e. The topological polar surface area (TPSA) is 77.3 Å². The van der Waals surface area contributed by atoms with Crippen LogP contribution in [0.15, 0.2) is 40.6 Å². The molecule has 0 saturated carbocycles. The molecule has 0 N–H and O–H groups in total. The molecule has 1 rings (SSSR count). The second-order valence-corrected chi connectivity index (χ2v) is 6.83. The highest BCUT2D eigenvalue weighted by atomic mass is 31.2. The van der Waals surface area contributed by atoms with Crippen LogP contribution in [0.4, 0.5) is 5.69 Å². The lowest BCUT2D eigenvalue weighted by Gasteiger charge is -2.29. The monoisotopic (exact) mass is 312 g/mol. The summed E-state index contributed by atoms with van der Waals surface area (Å²) in [4.78, 5) is 12.0. The first kappa shape index (κ1) is 17.7. The van der Waals surface area contributed by atoms with E-state index in [0.29, 0.717) is 5.69 Å². The fraction of sp³-hybridized carbons (Fsp3) is 0.500. The Morgan fingerprint density at radius 1 is 1.19 bits per heavy atom. The molecule has 0 fully saturated rings. The lowest BCUT2D eigenvalue weighted by molar-refractivity contribution is -0.119. The van der Waals surface area contributed by atoms with Crippen LogP contribution in [0.3, 0.4) is 0 Å². The quantitative estimate of drug-likeness (QED) is 0.528. The van der Waals surface area contributed by atoms with E-state index in [1.165, 1.54) is 13.8 Å². The van der Waals surface area contributed by atoms with Gasteiger partial charge in [-0.25, -0.2) is 0 Å². The zero-order valence-electron chi connectivity index (χ0n) is 12.8. The summed E-state index contributed by atoms with van der Waals surface area (Å²) in [6, 6.07) is 8.90. The van der Waals surface area contributed by atoms with Crippen LogP contribution in [-0.4, -0.2) is 24.3 Å². The summed E-state index contributed by atoms with van der Waals surface area (Å²) in [6.45, 7) is 6.39. The number of benzene rings is 1. The molecule has 0 saturated heterocycles. The number of rotatable bonds is 8. The molecular weight excluding hydrogens is 291 g/mol. The van der Waals surface area contributed by atoms with E-state index in [1.807, 2.05) is 6.07 Å². The molecule has 0 aliphatic carbocycles. The fourth-order valence-electron chi connectivity index (χ4n) is 1.60. The maximum atomic E-state index is 12.9. The lowest BCUT2D eigenvalue weighted by Crippen LogP contribution is -2.32. The Morgan fingerprint density at radius 3 is 2.14 bits per heavy atom. The molecule has 0 aliphatic heterocycles. The van der Waals surface area contributed by atoms with Crippen LogP contribution in [0, 0.1) is 0 Å². The van der Waals surface area contributed by atoms with Gasteiger partial charge in [0.15, 0.2) is 5.78 Å². The van der Waals surface area contributed by atoms with Crippen molar-refractivity contribution < 1.29 is 18.4 Å². The van der Waals surface area contributed by atoms with E-state index in [2.05, 4.69) is 10.2 Å². The zero-order chi connectivity index (χ0) is 15.9. The van der Waals surface area contributed by atoms with Crippen molar-refractivity contribution in [2.45, 2.75) is 33.0 Å². The van der Waals surface area contributed by atoms with Gasteiger partial charge in [-0.15, -0.1) is 0 Å². The average Bonchev–Trinajstić information content (AvgIpc) is 2.46. The van der Waals surface area contributed by atoms with E-state index in [1.54, 1.807) is 38.1 Å². The molecule has 116 valence electrons. The van der Waals surface area contributed by atoms with Gasteiger partial charge in [0, 0.05) is 0 Å². The van der Waals surface area contributed by atoms with Crippen molar-refractivity contribution in [2.75, 3.05) is 13.2 Å². The highest BCUT2D eigenvalue weighted by Gasteiger charge is 2.52. The van der Waals surface area contributed by atoms with Crippen molar-refractivity contribution in [3.05, 3.63) is 30.3 Å². The molecule has 0 aromatic heterocycles. The zero-order valence-corrected chi connectivity index (χ0v) is 13.7. The van der Waals surface area contributed by atoms with Crippen LogP contribution in [-0.2, 0) is 18.4 Å². The van der Waals surface area contributed by atoms with Gasteiger partial charge in [0.25, 0.3) is 0 Å². The van der Waals surface area contributed by atoms with Crippen LogP contribution in [0.2, 0.25) is 0 Å². The predicted molar refractivity (Wildman–Crippen MR) is 80.9 cm³/mol. The van der Waals surface area contributed by atoms with Crippen molar-refractivity contribution in [2.24, 2.45) is 10.2 Å². The molecule has 0 radical (unpaired) electrons. The van der Waals surface area contributed by atoms with Crippen LogP contribution >= 0.6 is 7.60 Å². The van der Waals surface area contributed by atoms with E-state index >= 15 is 0 Å². The average molecular weight is 312 g/mol. The molecule has 6 nitrogen and oxygen atoms in total. The predicted octanol–water partition coefficient (Wildman–Crippen LogP) is 4.34. The summed E-state index contributed by atoms with van der Waals surface area (Å²) in [5, 5.41) is 6.34. The number of carbonyl (C=O) groups is 1. The minimum atomic E-state index is -3.74. The Kier molecular flexibility index (Phi) is 6.40. The summed E-state index contributed by atoms with van der Waals surface area (Å²) >= 11 is 0. The van der Waals surface area contributed by atoms with Gasteiger partial charge in [0.1, 0.15) is 0 Å². The molecular formula is C14H21N2O4P. The molecule has 0 aliphatic rings. The van der Waals surface area contributed by atoms with Crippen LogP contribution in [0.25, 0.3) is 0 Å². The molecule has 1 aromatic carbocycles. The number of azo groups is 1. The van der Waals surface area contributed by atoms with Crippen LogP contribution in [0.1, 0.15) is 27.7 Å². The minimum absolute atomic E-state index is 0.154.